The standard InChI is InChI=1S/C14H22N4OS/c19-12-5-8-18(9-12)11-3-6-17(7-4-11)14-15-13(16-20-14)10-1-2-10/h10-12,19H,1-9H2. The zero-order valence-corrected chi connectivity index (χ0v) is 12.6. The molecule has 1 atom stereocenters. The summed E-state index contributed by atoms with van der Waals surface area (Å²) in [6.45, 7) is 4.10. The van der Waals surface area contributed by atoms with Crippen molar-refractivity contribution >= 4 is 16.7 Å². The van der Waals surface area contributed by atoms with Crippen LogP contribution in [0.1, 0.15) is 43.8 Å². The Labute approximate surface area is 123 Å². The molecule has 6 heteroatoms. The largest absolute Gasteiger partial charge is 0.392 e. The second-order valence-corrected chi connectivity index (χ2v) is 7.10. The molecule has 1 N–H and O–H groups in total. The number of aliphatic hydroxyl groups excluding tert-OH is 1. The van der Waals surface area contributed by atoms with E-state index in [0.717, 1.165) is 43.6 Å². The van der Waals surface area contributed by atoms with Crippen molar-refractivity contribution in [2.75, 3.05) is 31.1 Å². The van der Waals surface area contributed by atoms with Crippen molar-refractivity contribution in [1.82, 2.24) is 14.3 Å². The predicted octanol–water partition coefficient (Wildman–Crippen LogP) is 1.45. The molecule has 0 spiro atoms. The number of nitrogens with zero attached hydrogens (tertiary/aromatic N) is 4. The van der Waals surface area contributed by atoms with Crippen molar-refractivity contribution in [3.05, 3.63) is 5.82 Å². The highest BCUT2D eigenvalue weighted by Gasteiger charge is 2.32. The van der Waals surface area contributed by atoms with Crippen LogP contribution in [0, 0.1) is 0 Å². The number of hydrogen-bond acceptors (Lipinski definition) is 6. The maximum Gasteiger partial charge on any atom is 0.205 e. The van der Waals surface area contributed by atoms with Crippen LogP contribution >= 0.6 is 11.5 Å². The first kappa shape index (κ1) is 13.0. The Morgan fingerprint density at radius 1 is 1.05 bits per heavy atom. The van der Waals surface area contributed by atoms with Gasteiger partial charge in [0, 0.05) is 49.7 Å². The van der Waals surface area contributed by atoms with Crippen LogP contribution in [0.4, 0.5) is 5.13 Å². The van der Waals surface area contributed by atoms with Gasteiger partial charge in [-0.2, -0.15) is 4.37 Å². The van der Waals surface area contributed by atoms with Gasteiger partial charge in [-0.1, -0.05) is 0 Å². The SMILES string of the molecule is OC1CCN(C2CCN(c3nc(C4CC4)ns3)CC2)C1. The average Bonchev–Trinajstić information content (AvgIpc) is 3.04. The molecule has 1 saturated carbocycles. The third kappa shape index (κ3) is 2.56. The van der Waals surface area contributed by atoms with Gasteiger partial charge in [0.05, 0.1) is 6.10 Å². The number of anilines is 1. The van der Waals surface area contributed by atoms with Gasteiger partial charge >= 0.3 is 0 Å². The molecule has 3 fully saturated rings. The van der Waals surface area contributed by atoms with Gasteiger partial charge in [0.1, 0.15) is 5.82 Å². The molecule has 1 aromatic rings. The van der Waals surface area contributed by atoms with Crippen molar-refractivity contribution in [3.8, 4) is 0 Å². The van der Waals surface area contributed by atoms with Gasteiger partial charge in [0.2, 0.25) is 5.13 Å². The van der Waals surface area contributed by atoms with E-state index in [2.05, 4.69) is 14.2 Å². The summed E-state index contributed by atoms with van der Waals surface area (Å²) < 4.78 is 4.51. The Kier molecular flexibility index (Phi) is 3.40. The third-order valence-corrected chi connectivity index (χ3v) is 5.61. The molecule has 1 unspecified atom stereocenters. The van der Waals surface area contributed by atoms with E-state index in [-0.39, 0.29) is 6.10 Å². The van der Waals surface area contributed by atoms with Crippen LogP contribution in [-0.2, 0) is 0 Å². The van der Waals surface area contributed by atoms with E-state index in [1.807, 2.05) is 0 Å². The molecule has 2 saturated heterocycles. The first-order valence-electron chi connectivity index (χ1n) is 7.80. The Hall–Kier alpha value is -0.720. The molecule has 1 aromatic heterocycles. The van der Waals surface area contributed by atoms with Crippen molar-refractivity contribution in [3.63, 3.8) is 0 Å². The summed E-state index contributed by atoms with van der Waals surface area (Å²) in [5.41, 5.74) is 0. The minimum Gasteiger partial charge on any atom is -0.392 e. The lowest BCUT2D eigenvalue weighted by Crippen LogP contribution is -2.44. The summed E-state index contributed by atoms with van der Waals surface area (Å²) in [5, 5.41) is 10.8. The molecule has 3 heterocycles. The Morgan fingerprint density at radius 2 is 1.85 bits per heavy atom. The molecule has 0 bridgehead atoms. The van der Waals surface area contributed by atoms with E-state index in [0.29, 0.717) is 12.0 Å². The van der Waals surface area contributed by atoms with Crippen LogP contribution in [0.3, 0.4) is 0 Å². The van der Waals surface area contributed by atoms with Crippen LogP contribution < -0.4 is 4.90 Å². The van der Waals surface area contributed by atoms with Gasteiger partial charge in [-0.3, -0.25) is 4.90 Å². The maximum absolute atomic E-state index is 9.65. The van der Waals surface area contributed by atoms with Crippen molar-refractivity contribution in [1.29, 1.82) is 0 Å². The van der Waals surface area contributed by atoms with E-state index < -0.39 is 0 Å². The summed E-state index contributed by atoms with van der Waals surface area (Å²) in [7, 11) is 0. The first-order valence-corrected chi connectivity index (χ1v) is 8.57. The van der Waals surface area contributed by atoms with Crippen LogP contribution in [0.15, 0.2) is 0 Å². The van der Waals surface area contributed by atoms with Gasteiger partial charge in [-0.25, -0.2) is 4.98 Å². The van der Waals surface area contributed by atoms with Crippen LogP contribution in [0.2, 0.25) is 0 Å². The zero-order chi connectivity index (χ0) is 13.5. The van der Waals surface area contributed by atoms with Gasteiger partial charge in [0.25, 0.3) is 0 Å². The van der Waals surface area contributed by atoms with Gasteiger partial charge in [-0.05, 0) is 32.1 Å². The quantitative estimate of drug-likeness (QED) is 0.914. The minimum atomic E-state index is -0.0997. The number of piperidine rings is 1. The molecule has 5 nitrogen and oxygen atoms in total. The Morgan fingerprint density at radius 3 is 2.50 bits per heavy atom. The lowest BCUT2D eigenvalue weighted by atomic mass is 10.0. The number of aliphatic hydroxyl groups is 1. The van der Waals surface area contributed by atoms with Crippen LogP contribution in [0.25, 0.3) is 0 Å². The minimum absolute atomic E-state index is 0.0997. The summed E-state index contributed by atoms with van der Waals surface area (Å²) in [5.74, 6) is 1.73. The average molecular weight is 294 g/mol. The topological polar surface area (TPSA) is 52.5 Å². The van der Waals surface area contributed by atoms with E-state index in [1.54, 1.807) is 11.5 Å². The number of aromatic nitrogens is 2. The molecule has 0 radical (unpaired) electrons. The van der Waals surface area contributed by atoms with Gasteiger partial charge in [0.15, 0.2) is 0 Å². The Bertz CT molecular complexity index is 467. The lowest BCUT2D eigenvalue weighted by Gasteiger charge is -2.36. The lowest BCUT2D eigenvalue weighted by molar-refractivity contribution is 0.148. The molecule has 110 valence electrons. The molecular weight excluding hydrogens is 272 g/mol. The number of rotatable bonds is 3. The molecule has 4 rings (SSSR count). The summed E-state index contributed by atoms with van der Waals surface area (Å²) in [6.07, 6.45) is 5.76. The molecular formula is C14H22N4OS. The zero-order valence-electron chi connectivity index (χ0n) is 11.7. The van der Waals surface area contributed by atoms with Crippen LogP contribution in [-0.4, -0.2) is 57.7 Å². The van der Waals surface area contributed by atoms with Crippen molar-refractivity contribution in [2.45, 2.75) is 50.2 Å². The molecule has 20 heavy (non-hydrogen) atoms. The predicted molar refractivity (Wildman–Crippen MR) is 79.3 cm³/mol. The third-order valence-electron chi connectivity index (χ3n) is 4.82. The Balaban J connectivity index is 1.34. The summed E-state index contributed by atoms with van der Waals surface area (Å²) in [6, 6.07) is 0.652. The highest BCUT2D eigenvalue weighted by Crippen LogP contribution is 2.40. The summed E-state index contributed by atoms with van der Waals surface area (Å²) in [4.78, 5) is 9.58. The van der Waals surface area contributed by atoms with Gasteiger partial charge < -0.3 is 10.0 Å². The number of hydrogen-bond donors (Lipinski definition) is 1. The van der Waals surface area contributed by atoms with E-state index >= 15 is 0 Å². The van der Waals surface area contributed by atoms with E-state index in [4.69, 9.17) is 4.98 Å². The second kappa shape index (κ2) is 5.24. The number of β-amino-alcohol motifs (C(OH)–C–C–N with tert-alkyl or cyclic N) is 1. The fourth-order valence-electron chi connectivity index (χ4n) is 3.38. The molecule has 1 aliphatic carbocycles. The first-order chi connectivity index (χ1) is 9.79. The molecule has 0 aromatic carbocycles. The molecule has 2 aliphatic heterocycles. The highest BCUT2D eigenvalue weighted by molar-refractivity contribution is 7.09. The monoisotopic (exact) mass is 294 g/mol. The maximum atomic E-state index is 9.65. The summed E-state index contributed by atoms with van der Waals surface area (Å²) >= 11 is 1.57. The van der Waals surface area contributed by atoms with Crippen molar-refractivity contribution < 1.29 is 5.11 Å². The molecule has 0 amide bonds. The van der Waals surface area contributed by atoms with Gasteiger partial charge in [-0.15, -0.1) is 0 Å². The highest BCUT2D eigenvalue weighted by atomic mass is 32.1. The second-order valence-electron chi connectivity index (χ2n) is 6.37. The normalized spacial score (nSPS) is 29.2. The van der Waals surface area contributed by atoms with Crippen LogP contribution in [0.5, 0.6) is 0 Å². The number of likely N-dealkylation sites (tertiary alicyclic amines) is 1. The fraction of sp³-hybridized carbons (Fsp3) is 0.857. The fourth-order valence-corrected chi connectivity index (χ4v) is 4.18. The smallest absolute Gasteiger partial charge is 0.205 e. The van der Waals surface area contributed by atoms with E-state index in [1.165, 1.54) is 25.7 Å². The van der Waals surface area contributed by atoms with Crippen molar-refractivity contribution in [2.24, 2.45) is 0 Å². The van der Waals surface area contributed by atoms with E-state index in [9.17, 15) is 5.11 Å². The molecule has 3 aliphatic rings.